The Labute approximate surface area is 175 Å². The Bertz CT molecular complexity index is 983. The minimum Gasteiger partial charge on any atom is -0.373 e. The number of rotatable bonds is 4. The standard InChI is InChI=1S/C19H21BrFN7O/c1-27-10-2-3-13(27)19(8-9-24-19)17(29)28(23)16-14(20)15(25-18(22)26-16)11-4-6-12(21)7-5-11/h4-9,13,24H,2-3,10,23H2,1H3,(H2,22,25,26)/t13-,19?/m1/s1. The van der Waals surface area contributed by atoms with E-state index in [0.717, 1.165) is 24.4 Å². The molecule has 2 aromatic rings. The smallest absolute Gasteiger partial charge is 0.273 e. The highest BCUT2D eigenvalue weighted by atomic mass is 79.9. The van der Waals surface area contributed by atoms with Crippen molar-refractivity contribution in [3.63, 3.8) is 0 Å². The maximum atomic E-state index is 13.4. The molecule has 3 heterocycles. The number of amides is 1. The van der Waals surface area contributed by atoms with Gasteiger partial charge >= 0.3 is 0 Å². The van der Waals surface area contributed by atoms with E-state index in [0.29, 0.717) is 15.7 Å². The lowest BCUT2D eigenvalue weighted by molar-refractivity contribution is -0.125. The third kappa shape index (κ3) is 3.26. The molecule has 10 heteroatoms. The highest BCUT2D eigenvalue weighted by Gasteiger charge is 2.52. The molecule has 1 unspecified atom stereocenters. The molecule has 0 saturated carbocycles. The topological polar surface area (TPSA) is 113 Å². The Hall–Kier alpha value is -2.56. The van der Waals surface area contributed by atoms with Crippen LogP contribution in [-0.2, 0) is 4.79 Å². The van der Waals surface area contributed by atoms with Crippen molar-refractivity contribution >= 4 is 33.6 Å². The number of hydrazine groups is 1. The summed E-state index contributed by atoms with van der Waals surface area (Å²) in [5, 5.41) is 4.14. The molecule has 1 aromatic carbocycles. The van der Waals surface area contributed by atoms with Crippen LogP contribution < -0.4 is 21.9 Å². The Morgan fingerprint density at radius 1 is 1.38 bits per heavy atom. The largest absolute Gasteiger partial charge is 0.373 e. The summed E-state index contributed by atoms with van der Waals surface area (Å²) in [7, 11) is 1.99. The van der Waals surface area contributed by atoms with Gasteiger partial charge in [-0.25, -0.2) is 20.2 Å². The molecule has 29 heavy (non-hydrogen) atoms. The summed E-state index contributed by atoms with van der Waals surface area (Å²) < 4.78 is 13.7. The number of carbonyl (C=O) groups excluding carboxylic acids is 1. The first-order valence-electron chi connectivity index (χ1n) is 9.17. The van der Waals surface area contributed by atoms with Crippen molar-refractivity contribution in [2.24, 2.45) is 5.84 Å². The molecule has 152 valence electrons. The van der Waals surface area contributed by atoms with Crippen LogP contribution in [0.1, 0.15) is 12.8 Å². The molecule has 4 rings (SSSR count). The van der Waals surface area contributed by atoms with Gasteiger partial charge in [0.1, 0.15) is 5.82 Å². The van der Waals surface area contributed by atoms with Crippen molar-refractivity contribution in [2.75, 3.05) is 24.3 Å². The molecule has 2 atom stereocenters. The average Bonchev–Trinajstić information content (AvgIpc) is 3.09. The summed E-state index contributed by atoms with van der Waals surface area (Å²) >= 11 is 3.44. The normalized spacial score (nSPS) is 23.5. The predicted molar refractivity (Wildman–Crippen MR) is 112 cm³/mol. The fourth-order valence-corrected chi connectivity index (χ4v) is 4.53. The van der Waals surface area contributed by atoms with Crippen LogP contribution in [0.4, 0.5) is 16.2 Å². The maximum absolute atomic E-state index is 13.4. The minimum atomic E-state index is -0.921. The summed E-state index contributed by atoms with van der Waals surface area (Å²) in [6, 6.07) is 5.76. The summed E-state index contributed by atoms with van der Waals surface area (Å²) in [4.78, 5) is 24.0. The molecule has 1 fully saturated rings. The van der Waals surface area contributed by atoms with Crippen LogP contribution in [0.15, 0.2) is 41.0 Å². The summed E-state index contributed by atoms with van der Waals surface area (Å²) in [6.07, 6.45) is 5.46. The van der Waals surface area contributed by atoms with E-state index in [2.05, 4.69) is 36.1 Å². The van der Waals surface area contributed by atoms with Gasteiger partial charge in [-0.15, -0.1) is 0 Å². The molecular formula is C19H21BrFN7O. The highest BCUT2D eigenvalue weighted by Crippen LogP contribution is 2.37. The number of nitrogens with two attached hydrogens (primary N) is 2. The predicted octanol–water partition coefficient (Wildman–Crippen LogP) is 1.78. The van der Waals surface area contributed by atoms with Crippen molar-refractivity contribution in [1.29, 1.82) is 0 Å². The molecule has 2 aliphatic heterocycles. The summed E-state index contributed by atoms with van der Waals surface area (Å²) in [6.45, 7) is 0.915. The monoisotopic (exact) mass is 461 g/mol. The van der Waals surface area contributed by atoms with Gasteiger partial charge in [0.15, 0.2) is 11.4 Å². The van der Waals surface area contributed by atoms with Gasteiger partial charge in [0.2, 0.25) is 5.95 Å². The number of hydrogen-bond donors (Lipinski definition) is 3. The minimum absolute atomic E-state index is 0.0134. The molecule has 2 aliphatic rings. The Balaban J connectivity index is 1.72. The van der Waals surface area contributed by atoms with Crippen molar-refractivity contribution in [1.82, 2.24) is 20.2 Å². The number of hydrogen-bond acceptors (Lipinski definition) is 7. The summed E-state index contributed by atoms with van der Waals surface area (Å²) in [5.41, 5.74) is 5.99. The molecule has 0 spiro atoms. The number of likely N-dealkylation sites (tertiary alicyclic amines) is 1. The van der Waals surface area contributed by atoms with Gasteiger partial charge in [-0.05, 0) is 78.9 Å². The SMILES string of the molecule is CN1CCC[C@@H]1C1(C(=O)N(N)c2nc(N)nc(-c3ccc(F)cc3)c2Br)C=CN1. The van der Waals surface area contributed by atoms with Crippen LogP contribution in [-0.4, -0.2) is 45.9 Å². The number of carbonyl (C=O) groups is 1. The van der Waals surface area contributed by atoms with Crippen molar-refractivity contribution in [2.45, 2.75) is 24.4 Å². The molecule has 5 N–H and O–H groups in total. The van der Waals surface area contributed by atoms with E-state index in [1.54, 1.807) is 18.3 Å². The Morgan fingerprint density at radius 2 is 2.07 bits per heavy atom. The number of benzene rings is 1. The van der Waals surface area contributed by atoms with Crippen molar-refractivity contribution < 1.29 is 9.18 Å². The van der Waals surface area contributed by atoms with Crippen LogP contribution in [0.3, 0.4) is 0 Å². The number of aromatic nitrogens is 2. The first-order chi connectivity index (χ1) is 13.8. The molecule has 0 radical (unpaired) electrons. The Kier molecular flexibility index (Phi) is 5.01. The molecular weight excluding hydrogens is 441 g/mol. The van der Waals surface area contributed by atoms with E-state index in [1.165, 1.54) is 12.1 Å². The van der Waals surface area contributed by atoms with E-state index >= 15 is 0 Å². The zero-order chi connectivity index (χ0) is 20.8. The fourth-order valence-electron chi connectivity index (χ4n) is 3.94. The van der Waals surface area contributed by atoms with Crippen LogP contribution in [0.2, 0.25) is 0 Å². The van der Waals surface area contributed by atoms with Gasteiger partial charge in [0.05, 0.1) is 10.2 Å². The molecule has 1 amide bonds. The molecule has 1 aromatic heterocycles. The summed E-state index contributed by atoms with van der Waals surface area (Å²) in [5.74, 6) is 5.63. The van der Waals surface area contributed by atoms with Crippen molar-refractivity contribution in [3.8, 4) is 11.3 Å². The third-order valence-corrected chi connectivity index (χ3v) is 6.21. The number of nitrogens with one attached hydrogen (secondary N) is 1. The van der Waals surface area contributed by atoms with Gasteiger partial charge in [0, 0.05) is 11.6 Å². The quantitative estimate of drug-likeness (QED) is 0.361. The number of anilines is 2. The second kappa shape index (κ2) is 7.36. The van der Waals surface area contributed by atoms with Gasteiger partial charge in [-0.2, -0.15) is 4.98 Å². The van der Waals surface area contributed by atoms with E-state index in [1.807, 2.05) is 13.1 Å². The Morgan fingerprint density at radius 3 is 2.62 bits per heavy atom. The van der Waals surface area contributed by atoms with Crippen LogP contribution in [0, 0.1) is 5.82 Å². The zero-order valence-electron chi connectivity index (χ0n) is 15.8. The van der Waals surface area contributed by atoms with E-state index < -0.39 is 5.54 Å². The molecule has 0 bridgehead atoms. The second-order valence-corrected chi connectivity index (χ2v) is 8.03. The van der Waals surface area contributed by atoms with Crippen LogP contribution in [0.5, 0.6) is 0 Å². The zero-order valence-corrected chi connectivity index (χ0v) is 17.4. The van der Waals surface area contributed by atoms with Crippen LogP contribution >= 0.6 is 15.9 Å². The molecule has 0 aliphatic carbocycles. The lowest BCUT2D eigenvalue weighted by Gasteiger charge is -2.44. The average molecular weight is 462 g/mol. The maximum Gasteiger partial charge on any atom is 0.273 e. The third-order valence-electron chi connectivity index (χ3n) is 5.48. The van der Waals surface area contributed by atoms with E-state index in [9.17, 15) is 9.18 Å². The first kappa shape index (κ1) is 19.7. The number of nitrogen functional groups attached to an aromatic ring is 1. The van der Waals surface area contributed by atoms with E-state index in [4.69, 9.17) is 11.6 Å². The van der Waals surface area contributed by atoms with E-state index in [-0.39, 0.29) is 29.5 Å². The van der Waals surface area contributed by atoms with Crippen LogP contribution in [0.25, 0.3) is 11.3 Å². The van der Waals surface area contributed by atoms with Crippen molar-refractivity contribution in [3.05, 3.63) is 46.8 Å². The number of halogens is 2. The lowest BCUT2D eigenvalue weighted by atomic mass is 9.83. The molecule has 1 saturated heterocycles. The number of likely N-dealkylation sites (N-methyl/N-ethyl adjacent to an activating group) is 1. The van der Waals surface area contributed by atoms with Gasteiger partial charge in [0.25, 0.3) is 5.91 Å². The van der Waals surface area contributed by atoms with Gasteiger partial charge in [-0.1, -0.05) is 0 Å². The van der Waals surface area contributed by atoms with Gasteiger partial charge < -0.3 is 16.0 Å². The second-order valence-electron chi connectivity index (χ2n) is 7.24. The highest BCUT2D eigenvalue weighted by molar-refractivity contribution is 9.10. The number of nitrogens with zero attached hydrogens (tertiary/aromatic N) is 4. The lowest BCUT2D eigenvalue weighted by Crippen LogP contribution is -2.69. The first-order valence-corrected chi connectivity index (χ1v) is 9.96. The molecule has 8 nitrogen and oxygen atoms in total. The fraction of sp³-hybridized carbons (Fsp3) is 0.316. The van der Waals surface area contributed by atoms with Gasteiger partial charge in [-0.3, -0.25) is 4.79 Å².